The van der Waals surface area contributed by atoms with Gasteiger partial charge in [0, 0.05) is 0 Å². The second-order valence-corrected chi connectivity index (χ2v) is 9.55. The summed E-state index contributed by atoms with van der Waals surface area (Å²) in [5, 5.41) is 9.01. The minimum Gasteiger partial charge on any atom is -0.508 e. The normalized spacial score (nSPS) is 13.4. The number of benzene rings is 3. The van der Waals surface area contributed by atoms with Gasteiger partial charge in [0.25, 0.3) is 0 Å². The van der Waals surface area contributed by atoms with Crippen LogP contribution in [0.1, 0.15) is 76.0 Å². The van der Waals surface area contributed by atoms with Crippen molar-refractivity contribution in [2.24, 2.45) is 0 Å². The monoisotopic (exact) mass is 526 g/mol. The zero-order chi connectivity index (χ0) is 24.9. The van der Waals surface area contributed by atoms with Crippen LogP contribution in [0.4, 0.5) is 0 Å². The lowest BCUT2D eigenvalue weighted by Crippen LogP contribution is -2.18. The first kappa shape index (κ1) is 27.9. The Morgan fingerprint density at radius 1 is 0.794 bits per heavy atom. The lowest BCUT2D eigenvalue weighted by atomic mass is 9.99. The maximum atomic E-state index is 9.01. The Kier molecular flexibility index (Phi) is 12.2. The van der Waals surface area contributed by atoms with Gasteiger partial charge in [-0.05, 0) is 94.9 Å². The molecule has 0 aromatic heterocycles. The third-order valence-corrected chi connectivity index (χ3v) is 6.71. The number of aromatic hydroxyl groups is 1. The summed E-state index contributed by atoms with van der Waals surface area (Å²) in [5.41, 5.74) is 3.90. The van der Waals surface area contributed by atoms with Gasteiger partial charge in [-0.2, -0.15) is 0 Å². The Balaban J connectivity index is 0.000000310. The Morgan fingerprint density at radius 3 is 1.97 bits per heavy atom. The van der Waals surface area contributed by atoms with Crippen molar-refractivity contribution in [2.75, 3.05) is 6.61 Å². The number of halogens is 1. The summed E-state index contributed by atoms with van der Waals surface area (Å²) in [5.74, 6) is 2.32. The van der Waals surface area contributed by atoms with Crippen molar-refractivity contribution in [3.05, 3.63) is 94.0 Å². The first-order valence-electron chi connectivity index (χ1n) is 12.2. The van der Waals surface area contributed by atoms with E-state index < -0.39 is 0 Å². The molecule has 0 bridgehead atoms. The van der Waals surface area contributed by atoms with Crippen LogP contribution in [-0.2, 0) is 11.2 Å². The number of hydrogen-bond acceptors (Lipinski definition) is 3. The summed E-state index contributed by atoms with van der Waals surface area (Å²) in [4.78, 5) is 0. The number of rotatable bonds is 10. The molecule has 1 N–H and O–H groups in total. The third-order valence-electron chi connectivity index (χ3n) is 6.09. The highest BCUT2D eigenvalue weighted by Gasteiger charge is 2.10. The SMILES string of the molecule is CCC(C)c1ccc(O)cc1.CCC(C)c1ccc(OC(C)OCCc2ccccc2)c(Br)c1. The van der Waals surface area contributed by atoms with E-state index in [1.165, 1.54) is 16.7 Å². The quantitative estimate of drug-likeness (QED) is 0.268. The van der Waals surface area contributed by atoms with E-state index in [9.17, 15) is 0 Å². The van der Waals surface area contributed by atoms with Crippen LogP contribution < -0.4 is 4.74 Å². The second kappa shape index (κ2) is 14.9. The Labute approximate surface area is 214 Å². The van der Waals surface area contributed by atoms with Crippen LogP contribution in [0.5, 0.6) is 11.5 Å². The van der Waals surface area contributed by atoms with Crippen LogP contribution in [0.2, 0.25) is 0 Å². The molecule has 3 atom stereocenters. The Bertz CT molecular complexity index is 957. The highest BCUT2D eigenvalue weighted by Crippen LogP contribution is 2.30. The molecule has 3 aromatic carbocycles. The molecule has 0 heterocycles. The first-order valence-corrected chi connectivity index (χ1v) is 13.0. The van der Waals surface area contributed by atoms with Crippen LogP contribution in [0.3, 0.4) is 0 Å². The van der Waals surface area contributed by atoms with Gasteiger partial charge in [-0.1, -0.05) is 76.2 Å². The van der Waals surface area contributed by atoms with Crippen LogP contribution in [0, 0.1) is 0 Å². The van der Waals surface area contributed by atoms with Crippen LogP contribution in [-0.4, -0.2) is 18.0 Å². The van der Waals surface area contributed by atoms with Gasteiger partial charge in [-0.15, -0.1) is 0 Å². The largest absolute Gasteiger partial charge is 0.508 e. The fraction of sp³-hybridized carbons (Fsp3) is 0.400. The van der Waals surface area contributed by atoms with Crippen LogP contribution >= 0.6 is 15.9 Å². The van der Waals surface area contributed by atoms with Gasteiger partial charge >= 0.3 is 0 Å². The average Bonchev–Trinajstić information content (AvgIpc) is 2.85. The van der Waals surface area contributed by atoms with E-state index in [2.05, 4.69) is 67.9 Å². The molecule has 0 aliphatic rings. The van der Waals surface area contributed by atoms with Crippen LogP contribution in [0.15, 0.2) is 77.3 Å². The van der Waals surface area contributed by atoms with Gasteiger partial charge in [-0.25, -0.2) is 0 Å². The maximum Gasteiger partial charge on any atom is 0.197 e. The third kappa shape index (κ3) is 9.52. The van der Waals surface area contributed by atoms with Gasteiger partial charge in [0.05, 0.1) is 11.1 Å². The zero-order valence-electron chi connectivity index (χ0n) is 21.1. The topological polar surface area (TPSA) is 38.7 Å². The van der Waals surface area contributed by atoms with Gasteiger partial charge in [0.15, 0.2) is 6.29 Å². The van der Waals surface area contributed by atoms with E-state index >= 15 is 0 Å². The van der Waals surface area contributed by atoms with Crippen molar-refractivity contribution in [1.29, 1.82) is 0 Å². The Hall–Kier alpha value is -2.30. The van der Waals surface area contributed by atoms with Gasteiger partial charge in [0.1, 0.15) is 11.5 Å². The highest BCUT2D eigenvalue weighted by molar-refractivity contribution is 9.10. The summed E-state index contributed by atoms with van der Waals surface area (Å²) < 4.78 is 12.6. The predicted octanol–water partition coefficient (Wildman–Crippen LogP) is 8.85. The molecule has 0 radical (unpaired) electrons. The van der Waals surface area contributed by atoms with Crippen molar-refractivity contribution in [3.63, 3.8) is 0 Å². The van der Waals surface area contributed by atoms with E-state index in [4.69, 9.17) is 14.6 Å². The van der Waals surface area contributed by atoms with E-state index in [1.807, 2.05) is 43.3 Å². The van der Waals surface area contributed by atoms with Crippen LogP contribution in [0.25, 0.3) is 0 Å². The molecule has 34 heavy (non-hydrogen) atoms. The first-order chi connectivity index (χ1) is 16.3. The fourth-order valence-corrected chi connectivity index (χ4v) is 3.88. The van der Waals surface area contributed by atoms with Crippen molar-refractivity contribution in [3.8, 4) is 11.5 Å². The molecule has 3 aromatic rings. The molecule has 4 heteroatoms. The predicted molar refractivity (Wildman–Crippen MR) is 146 cm³/mol. The van der Waals surface area contributed by atoms with E-state index in [0.29, 0.717) is 24.2 Å². The number of ether oxygens (including phenoxy) is 2. The number of phenolic OH excluding ortho intramolecular Hbond substituents is 1. The van der Waals surface area contributed by atoms with Crippen molar-refractivity contribution < 1.29 is 14.6 Å². The summed E-state index contributed by atoms with van der Waals surface area (Å²) in [6, 6.07) is 24.1. The van der Waals surface area contributed by atoms with E-state index in [-0.39, 0.29) is 6.29 Å². The summed E-state index contributed by atoms with van der Waals surface area (Å²) in [6.07, 6.45) is 2.89. The fourth-order valence-electron chi connectivity index (χ4n) is 3.39. The summed E-state index contributed by atoms with van der Waals surface area (Å²) >= 11 is 3.60. The Morgan fingerprint density at radius 2 is 1.38 bits per heavy atom. The molecular formula is C30H39BrO3. The molecule has 0 fully saturated rings. The molecule has 0 saturated heterocycles. The molecule has 184 valence electrons. The highest BCUT2D eigenvalue weighted by atomic mass is 79.9. The molecule has 3 nitrogen and oxygen atoms in total. The molecule has 0 aliphatic carbocycles. The molecule has 3 rings (SSSR count). The molecule has 3 unspecified atom stereocenters. The summed E-state index contributed by atoms with van der Waals surface area (Å²) in [6.45, 7) is 11.4. The van der Waals surface area contributed by atoms with Crippen molar-refractivity contribution in [1.82, 2.24) is 0 Å². The zero-order valence-corrected chi connectivity index (χ0v) is 22.7. The maximum absolute atomic E-state index is 9.01. The van der Waals surface area contributed by atoms with Gasteiger partial charge < -0.3 is 14.6 Å². The molecule has 0 amide bonds. The van der Waals surface area contributed by atoms with Gasteiger partial charge in [0.2, 0.25) is 0 Å². The smallest absolute Gasteiger partial charge is 0.197 e. The minimum absolute atomic E-state index is 0.274. The minimum atomic E-state index is -0.274. The molecule has 0 aliphatic heterocycles. The molecular weight excluding hydrogens is 488 g/mol. The van der Waals surface area contributed by atoms with Crippen molar-refractivity contribution >= 4 is 15.9 Å². The number of phenols is 1. The van der Waals surface area contributed by atoms with E-state index in [0.717, 1.165) is 29.5 Å². The second-order valence-electron chi connectivity index (χ2n) is 8.69. The lowest BCUT2D eigenvalue weighted by molar-refractivity contribution is -0.0658. The average molecular weight is 528 g/mol. The van der Waals surface area contributed by atoms with Gasteiger partial charge in [-0.3, -0.25) is 0 Å². The molecule has 0 saturated carbocycles. The van der Waals surface area contributed by atoms with Crippen molar-refractivity contribution in [2.45, 2.75) is 72.0 Å². The lowest BCUT2D eigenvalue weighted by Gasteiger charge is -2.18. The number of hydrogen-bond donors (Lipinski definition) is 1. The van der Waals surface area contributed by atoms with E-state index in [1.54, 1.807) is 12.1 Å². The summed E-state index contributed by atoms with van der Waals surface area (Å²) in [7, 11) is 0. The molecule has 0 spiro atoms. The standard InChI is InChI=1S/C20H25BrO2.C10H14O/c1-4-15(2)18-10-11-20(19(21)14-18)23-16(3)22-13-12-17-8-6-5-7-9-17;1-3-8(2)9-4-6-10(11)7-5-9/h5-11,14-16H,4,12-13H2,1-3H3;4-8,11H,3H2,1-2H3.